The van der Waals surface area contributed by atoms with Crippen molar-refractivity contribution < 1.29 is 9.53 Å². The molecule has 1 N–H and O–H groups in total. The van der Waals surface area contributed by atoms with Gasteiger partial charge in [0.25, 0.3) is 5.91 Å². The Morgan fingerprint density at radius 2 is 2.08 bits per heavy atom. The third-order valence-corrected chi connectivity index (χ3v) is 4.27. The van der Waals surface area contributed by atoms with Gasteiger partial charge in [0, 0.05) is 25.7 Å². The standard InChI is InChI=1S/C18H18N4O3/c23-17(15-12-13-6-1-2-7-14(13)25-15)19-9-5-11-22-18(24)21-10-4-3-8-16(21)20-22/h1-4,6-8,10,15H,5,9,11-12H2,(H,19,23). The van der Waals surface area contributed by atoms with Crippen LogP contribution >= 0.6 is 0 Å². The smallest absolute Gasteiger partial charge is 0.350 e. The summed E-state index contributed by atoms with van der Waals surface area (Å²) in [7, 11) is 0. The van der Waals surface area contributed by atoms with Crippen molar-refractivity contribution in [3.63, 3.8) is 0 Å². The van der Waals surface area contributed by atoms with Crippen LogP contribution in [0.5, 0.6) is 5.75 Å². The lowest BCUT2D eigenvalue weighted by Gasteiger charge is -2.11. The molecule has 7 nitrogen and oxygen atoms in total. The Labute approximate surface area is 143 Å². The van der Waals surface area contributed by atoms with Crippen LogP contribution in [0.4, 0.5) is 0 Å². The van der Waals surface area contributed by atoms with E-state index < -0.39 is 6.10 Å². The maximum Gasteiger partial charge on any atom is 0.350 e. The van der Waals surface area contributed by atoms with E-state index in [9.17, 15) is 9.59 Å². The second-order valence-electron chi connectivity index (χ2n) is 6.00. The molecule has 2 aromatic heterocycles. The Kier molecular flexibility index (Phi) is 3.97. The first-order valence-electron chi connectivity index (χ1n) is 8.29. The second kappa shape index (κ2) is 6.43. The Morgan fingerprint density at radius 3 is 2.92 bits per heavy atom. The van der Waals surface area contributed by atoms with Crippen LogP contribution in [0.25, 0.3) is 5.65 Å². The van der Waals surface area contributed by atoms with E-state index in [-0.39, 0.29) is 11.6 Å². The number of nitrogens with one attached hydrogen (secondary N) is 1. The minimum Gasteiger partial charge on any atom is -0.480 e. The summed E-state index contributed by atoms with van der Waals surface area (Å²) in [5, 5.41) is 7.13. The van der Waals surface area contributed by atoms with Crippen LogP contribution in [0.2, 0.25) is 0 Å². The number of benzene rings is 1. The zero-order valence-electron chi connectivity index (χ0n) is 13.6. The number of fused-ring (bicyclic) bond motifs is 2. The number of nitrogens with zero attached hydrogens (tertiary/aromatic N) is 3. The number of ether oxygens (including phenoxy) is 1. The molecule has 1 aromatic carbocycles. The molecule has 1 atom stereocenters. The van der Waals surface area contributed by atoms with Crippen LogP contribution in [-0.4, -0.2) is 32.7 Å². The third-order valence-electron chi connectivity index (χ3n) is 4.27. The SMILES string of the molecule is O=C(NCCCn1nc2ccccn2c1=O)C1Cc2ccccc2O1. The molecule has 1 amide bonds. The molecule has 0 radical (unpaired) electrons. The van der Waals surface area contributed by atoms with E-state index in [0.29, 0.717) is 31.6 Å². The van der Waals surface area contributed by atoms with Gasteiger partial charge >= 0.3 is 5.69 Å². The Bertz CT molecular complexity index is 951. The van der Waals surface area contributed by atoms with E-state index in [1.807, 2.05) is 30.3 Å². The van der Waals surface area contributed by atoms with Gasteiger partial charge in [-0.2, -0.15) is 0 Å². The highest BCUT2D eigenvalue weighted by Crippen LogP contribution is 2.27. The fraction of sp³-hybridized carbons (Fsp3) is 0.278. The largest absolute Gasteiger partial charge is 0.480 e. The molecule has 128 valence electrons. The summed E-state index contributed by atoms with van der Waals surface area (Å²) < 4.78 is 8.58. The fourth-order valence-electron chi connectivity index (χ4n) is 3.00. The molecule has 1 unspecified atom stereocenters. The zero-order chi connectivity index (χ0) is 17.2. The van der Waals surface area contributed by atoms with Crippen molar-refractivity contribution in [2.24, 2.45) is 0 Å². The van der Waals surface area contributed by atoms with Crippen molar-refractivity contribution in [2.75, 3.05) is 6.54 Å². The topological polar surface area (TPSA) is 77.6 Å². The molecule has 25 heavy (non-hydrogen) atoms. The first kappa shape index (κ1) is 15.4. The van der Waals surface area contributed by atoms with Gasteiger partial charge in [0.15, 0.2) is 11.8 Å². The molecule has 3 aromatic rings. The van der Waals surface area contributed by atoms with Crippen molar-refractivity contribution in [1.29, 1.82) is 0 Å². The van der Waals surface area contributed by atoms with Crippen molar-refractivity contribution in [2.45, 2.75) is 25.5 Å². The molecule has 7 heteroatoms. The van der Waals surface area contributed by atoms with Crippen LogP contribution in [0.15, 0.2) is 53.5 Å². The third kappa shape index (κ3) is 3.00. The molecule has 1 aliphatic heterocycles. The van der Waals surface area contributed by atoms with E-state index in [4.69, 9.17) is 4.74 Å². The predicted molar refractivity (Wildman–Crippen MR) is 91.6 cm³/mol. The quantitative estimate of drug-likeness (QED) is 0.704. The molecule has 3 heterocycles. The lowest BCUT2D eigenvalue weighted by atomic mass is 10.1. The van der Waals surface area contributed by atoms with Gasteiger partial charge in [0.05, 0.1) is 0 Å². The van der Waals surface area contributed by atoms with Gasteiger partial charge in [-0.05, 0) is 30.2 Å². The molecule has 0 saturated carbocycles. The average molecular weight is 338 g/mol. The predicted octanol–water partition coefficient (Wildman–Crippen LogP) is 1.01. The van der Waals surface area contributed by atoms with Gasteiger partial charge in [0.2, 0.25) is 0 Å². The number of amides is 1. The second-order valence-corrected chi connectivity index (χ2v) is 6.00. The Morgan fingerprint density at radius 1 is 1.24 bits per heavy atom. The lowest BCUT2D eigenvalue weighted by molar-refractivity contribution is -0.127. The fourth-order valence-corrected chi connectivity index (χ4v) is 3.00. The molecule has 1 aliphatic rings. The molecule has 0 saturated heterocycles. The highest BCUT2D eigenvalue weighted by atomic mass is 16.5. The van der Waals surface area contributed by atoms with Gasteiger partial charge in [-0.25, -0.2) is 9.48 Å². The number of hydrogen-bond acceptors (Lipinski definition) is 4. The van der Waals surface area contributed by atoms with Crippen molar-refractivity contribution >= 4 is 11.6 Å². The Hall–Kier alpha value is -3.09. The van der Waals surface area contributed by atoms with E-state index in [2.05, 4.69) is 10.4 Å². The number of aromatic nitrogens is 3. The molecule has 0 aliphatic carbocycles. The van der Waals surface area contributed by atoms with Crippen LogP contribution in [0, 0.1) is 0 Å². The van der Waals surface area contributed by atoms with E-state index in [1.165, 1.54) is 9.08 Å². The summed E-state index contributed by atoms with van der Waals surface area (Å²) in [5.74, 6) is 0.650. The normalized spacial score (nSPS) is 15.8. The first-order chi connectivity index (χ1) is 12.2. The summed E-state index contributed by atoms with van der Waals surface area (Å²) in [6.07, 6.45) is 2.43. The monoisotopic (exact) mass is 338 g/mol. The van der Waals surface area contributed by atoms with Gasteiger partial charge in [-0.3, -0.25) is 9.20 Å². The van der Waals surface area contributed by atoms with Gasteiger partial charge < -0.3 is 10.1 Å². The Balaban J connectivity index is 1.29. The zero-order valence-corrected chi connectivity index (χ0v) is 13.6. The highest BCUT2D eigenvalue weighted by Gasteiger charge is 2.28. The number of pyridine rings is 1. The number of carbonyl (C=O) groups excluding carboxylic acids is 1. The van der Waals surface area contributed by atoms with Crippen LogP contribution < -0.4 is 15.7 Å². The van der Waals surface area contributed by atoms with Crippen LogP contribution in [0.3, 0.4) is 0 Å². The van der Waals surface area contributed by atoms with Crippen molar-refractivity contribution in [1.82, 2.24) is 19.5 Å². The van der Waals surface area contributed by atoms with E-state index >= 15 is 0 Å². The number of hydrogen-bond donors (Lipinski definition) is 1. The van der Waals surface area contributed by atoms with Gasteiger partial charge in [-0.15, -0.1) is 5.10 Å². The minimum absolute atomic E-state index is 0.126. The summed E-state index contributed by atoms with van der Waals surface area (Å²) in [4.78, 5) is 24.4. The molecular weight excluding hydrogens is 320 g/mol. The molecular formula is C18H18N4O3. The van der Waals surface area contributed by atoms with Crippen LogP contribution in [-0.2, 0) is 17.8 Å². The molecule has 0 bridgehead atoms. The summed E-state index contributed by atoms with van der Waals surface area (Å²) >= 11 is 0. The van der Waals surface area contributed by atoms with E-state index in [1.54, 1.807) is 18.3 Å². The lowest BCUT2D eigenvalue weighted by Crippen LogP contribution is -2.38. The van der Waals surface area contributed by atoms with Gasteiger partial charge in [0.1, 0.15) is 5.75 Å². The van der Waals surface area contributed by atoms with Crippen LogP contribution in [0.1, 0.15) is 12.0 Å². The summed E-state index contributed by atoms with van der Waals surface area (Å²) in [6, 6.07) is 13.1. The average Bonchev–Trinajstić information content (AvgIpc) is 3.20. The molecule has 0 fully saturated rings. The van der Waals surface area contributed by atoms with E-state index in [0.717, 1.165) is 11.3 Å². The molecule has 4 rings (SSSR count). The molecule has 0 spiro atoms. The first-order valence-corrected chi connectivity index (χ1v) is 8.29. The minimum atomic E-state index is -0.477. The number of para-hydroxylation sites is 1. The summed E-state index contributed by atoms with van der Waals surface area (Å²) in [6.45, 7) is 0.919. The number of aryl methyl sites for hydroxylation is 1. The maximum absolute atomic E-state index is 12.2. The summed E-state index contributed by atoms with van der Waals surface area (Å²) in [5.41, 5.74) is 1.50. The highest BCUT2D eigenvalue weighted by molar-refractivity contribution is 5.82. The maximum atomic E-state index is 12.2. The number of rotatable bonds is 5. The van der Waals surface area contributed by atoms with Crippen molar-refractivity contribution in [3.05, 3.63) is 64.7 Å². The number of carbonyl (C=O) groups is 1. The van der Waals surface area contributed by atoms with Gasteiger partial charge in [-0.1, -0.05) is 24.3 Å². The van der Waals surface area contributed by atoms with Crippen molar-refractivity contribution in [3.8, 4) is 5.75 Å².